The first-order chi connectivity index (χ1) is 9.69. The Morgan fingerprint density at radius 1 is 1.15 bits per heavy atom. The fourth-order valence-electron chi connectivity index (χ4n) is 1.80. The Labute approximate surface area is 142 Å². The highest BCUT2D eigenvalue weighted by atomic mass is 127. The van der Waals surface area contributed by atoms with Crippen LogP contribution in [0.3, 0.4) is 0 Å². The third-order valence-electron chi connectivity index (χ3n) is 2.81. The molecule has 0 aromatic heterocycles. The Hall–Kier alpha value is -0.590. The predicted molar refractivity (Wildman–Crippen MR) is 95.4 cm³/mol. The van der Waals surface area contributed by atoms with Crippen LogP contribution in [-0.2, 0) is 6.54 Å². The molecule has 2 nitrogen and oxygen atoms in total. The second kappa shape index (κ2) is 8.00. The summed E-state index contributed by atoms with van der Waals surface area (Å²) in [5, 5.41) is 3.41. The van der Waals surface area contributed by atoms with Gasteiger partial charge in [-0.25, -0.2) is 0 Å². The minimum atomic E-state index is 0.820. The van der Waals surface area contributed by atoms with Gasteiger partial charge in [-0.05, 0) is 72.0 Å². The molecule has 2 aromatic rings. The van der Waals surface area contributed by atoms with E-state index in [9.17, 15) is 0 Å². The summed E-state index contributed by atoms with van der Waals surface area (Å²) in [7, 11) is 0. The fourth-order valence-corrected chi connectivity index (χ4v) is 2.50. The molecule has 4 heteroatoms. The Balaban J connectivity index is 2.15. The van der Waals surface area contributed by atoms with Crippen LogP contribution in [0.1, 0.15) is 18.9 Å². The third kappa shape index (κ3) is 4.75. The van der Waals surface area contributed by atoms with Gasteiger partial charge in [-0.2, -0.15) is 0 Å². The first kappa shape index (κ1) is 15.8. The molecule has 0 bridgehead atoms. The highest BCUT2D eigenvalue weighted by molar-refractivity contribution is 14.1. The number of nitrogens with one attached hydrogen (secondary N) is 1. The molecule has 106 valence electrons. The highest BCUT2D eigenvalue weighted by Crippen LogP contribution is 2.29. The molecule has 20 heavy (non-hydrogen) atoms. The van der Waals surface area contributed by atoms with E-state index in [0.29, 0.717) is 0 Å². The van der Waals surface area contributed by atoms with E-state index in [1.807, 2.05) is 36.4 Å². The van der Waals surface area contributed by atoms with Crippen LogP contribution in [0.2, 0.25) is 0 Å². The first-order valence-electron chi connectivity index (χ1n) is 6.61. The lowest BCUT2D eigenvalue weighted by Gasteiger charge is -2.12. The lowest BCUT2D eigenvalue weighted by molar-refractivity contribution is 0.472. The third-order valence-corrected chi connectivity index (χ3v) is 4.03. The van der Waals surface area contributed by atoms with E-state index in [4.69, 9.17) is 4.74 Å². The maximum Gasteiger partial charge on any atom is 0.133 e. The van der Waals surface area contributed by atoms with Gasteiger partial charge in [-0.3, -0.25) is 0 Å². The van der Waals surface area contributed by atoms with Gasteiger partial charge < -0.3 is 10.1 Å². The van der Waals surface area contributed by atoms with Gasteiger partial charge >= 0.3 is 0 Å². The van der Waals surface area contributed by atoms with Crippen molar-refractivity contribution in [1.29, 1.82) is 0 Å². The van der Waals surface area contributed by atoms with Gasteiger partial charge in [-0.1, -0.05) is 28.9 Å². The van der Waals surface area contributed by atoms with Crippen LogP contribution in [0.4, 0.5) is 0 Å². The topological polar surface area (TPSA) is 21.3 Å². The van der Waals surface area contributed by atoms with Crippen molar-refractivity contribution >= 4 is 38.5 Å². The maximum absolute atomic E-state index is 6.00. The Kier molecular flexibility index (Phi) is 6.32. The molecule has 0 aliphatic carbocycles. The van der Waals surface area contributed by atoms with E-state index in [-0.39, 0.29) is 0 Å². The highest BCUT2D eigenvalue weighted by Gasteiger charge is 2.06. The quantitative estimate of drug-likeness (QED) is 0.478. The van der Waals surface area contributed by atoms with Crippen molar-refractivity contribution in [3.05, 3.63) is 56.1 Å². The largest absolute Gasteiger partial charge is 0.457 e. The predicted octanol–water partition coefficient (Wildman–Crippen LogP) is 5.35. The molecule has 0 spiro atoms. The van der Waals surface area contributed by atoms with E-state index in [1.165, 1.54) is 9.13 Å². The lowest BCUT2D eigenvalue weighted by Crippen LogP contribution is -2.14. The van der Waals surface area contributed by atoms with Gasteiger partial charge in [0.05, 0.1) is 0 Å². The summed E-state index contributed by atoms with van der Waals surface area (Å²) in [5.41, 5.74) is 1.17. The van der Waals surface area contributed by atoms with Gasteiger partial charge in [0.2, 0.25) is 0 Å². The summed E-state index contributed by atoms with van der Waals surface area (Å²) < 4.78 is 8.23. The molecule has 0 atom stereocenters. The smallest absolute Gasteiger partial charge is 0.133 e. The maximum atomic E-state index is 6.00. The lowest BCUT2D eigenvalue weighted by atomic mass is 10.2. The molecule has 0 saturated carbocycles. The monoisotopic (exact) mass is 445 g/mol. The molecule has 0 heterocycles. The standard InChI is InChI=1S/C16H17BrINO/c1-2-9-19-11-12-3-4-13(17)10-16(12)20-15-7-5-14(18)6-8-15/h3-8,10,19H,2,9,11H2,1H3. The second-order valence-corrected chi connectivity index (χ2v) is 6.65. The first-order valence-corrected chi connectivity index (χ1v) is 8.49. The molecule has 0 aliphatic rings. The van der Waals surface area contributed by atoms with Crippen LogP contribution in [0.15, 0.2) is 46.9 Å². The van der Waals surface area contributed by atoms with Gasteiger partial charge in [-0.15, -0.1) is 0 Å². The molecule has 0 aliphatic heterocycles. The zero-order valence-corrected chi connectivity index (χ0v) is 15.1. The molecule has 2 rings (SSSR count). The van der Waals surface area contributed by atoms with E-state index < -0.39 is 0 Å². The van der Waals surface area contributed by atoms with Crippen LogP contribution < -0.4 is 10.1 Å². The number of hydrogen-bond acceptors (Lipinski definition) is 2. The number of rotatable bonds is 6. The van der Waals surface area contributed by atoms with Gasteiger partial charge in [0.1, 0.15) is 11.5 Å². The summed E-state index contributed by atoms with van der Waals surface area (Å²) >= 11 is 5.79. The Morgan fingerprint density at radius 2 is 1.90 bits per heavy atom. The Bertz CT molecular complexity index is 557. The van der Waals surface area contributed by atoms with E-state index in [1.54, 1.807) is 0 Å². The Morgan fingerprint density at radius 3 is 2.60 bits per heavy atom. The molecule has 0 saturated heterocycles. The number of ether oxygens (including phenoxy) is 1. The second-order valence-electron chi connectivity index (χ2n) is 4.48. The van der Waals surface area contributed by atoms with Crippen LogP contribution in [-0.4, -0.2) is 6.54 Å². The number of hydrogen-bond donors (Lipinski definition) is 1. The summed E-state index contributed by atoms with van der Waals surface area (Å²) in [5.74, 6) is 1.75. The summed E-state index contributed by atoms with van der Waals surface area (Å²) in [6.45, 7) is 4.00. The molecule has 1 N–H and O–H groups in total. The van der Waals surface area contributed by atoms with Crippen LogP contribution in [0.5, 0.6) is 11.5 Å². The van der Waals surface area contributed by atoms with Crippen molar-refractivity contribution in [3.63, 3.8) is 0 Å². The molecule has 0 amide bonds. The minimum Gasteiger partial charge on any atom is -0.457 e. The van der Waals surface area contributed by atoms with Gasteiger partial charge in [0, 0.05) is 20.2 Å². The zero-order valence-electron chi connectivity index (χ0n) is 11.3. The van der Waals surface area contributed by atoms with Crippen LogP contribution in [0.25, 0.3) is 0 Å². The average Bonchev–Trinajstić information content (AvgIpc) is 2.44. The normalized spacial score (nSPS) is 10.6. The van der Waals surface area contributed by atoms with Crippen molar-refractivity contribution in [3.8, 4) is 11.5 Å². The van der Waals surface area contributed by atoms with E-state index in [0.717, 1.165) is 35.5 Å². The van der Waals surface area contributed by atoms with Gasteiger partial charge in [0.25, 0.3) is 0 Å². The van der Waals surface area contributed by atoms with Crippen LogP contribution >= 0.6 is 38.5 Å². The minimum absolute atomic E-state index is 0.820. The molecule has 0 fully saturated rings. The van der Waals surface area contributed by atoms with Crippen molar-refractivity contribution in [2.75, 3.05) is 6.54 Å². The molecule has 2 aromatic carbocycles. The molecule has 0 radical (unpaired) electrons. The van der Waals surface area contributed by atoms with Crippen LogP contribution in [0, 0.1) is 3.57 Å². The van der Waals surface area contributed by atoms with Crippen molar-refractivity contribution in [2.24, 2.45) is 0 Å². The summed E-state index contributed by atoms with van der Waals surface area (Å²) in [6.07, 6.45) is 1.13. The molecule has 0 unspecified atom stereocenters. The molecular formula is C16H17BrINO. The van der Waals surface area contributed by atoms with Crippen molar-refractivity contribution in [2.45, 2.75) is 19.9 Å². The van der Waals surface area contributed by atoms with E-state index in [2.05, 4.69) is 56.8 Å². The fraction of sp³-hybridized carbons (Fsp3) is 0.250. The number of halogens is 2. The average molecular weight is 446 g/mol. The van der Waals surface area contributed by atoms with Crippen molar-refractivity contribution < 1.29 is 4.74 Å². The summed E-state index contributed by atoms with van der Waals surface area (Å²) in [6, 6.07) is 14.2. The van der Waals surface area contributed by atoms with Gasteiger partial charge in [0.15, 0.2) is 0 Å². The van der Waals surface area contributed by atoms with E-state index >= 15 is 0 Å². The number of benzene rings is 2. The summed E-state index contributed by atoms with van der Waals surface area (Å²) in [4.78, 5) is 0. The molecular weight excluding hydrogens is 429 g/mol. The van der Waals surface area contributed by atoms with Crippen molar-refractivity contribution in [1.82, 2.24) is 5.32 Å². The SMILES string of the molecule is CCCNCc1ccc(Br)cc1Oc1ccc(I)cc1. The zero-order chi connectivity index (χ0) is 14.4.